The molecule has 2 aromatic carbocycles. The standard InChI is InChI=1S/C21H24N2O4S/c1-13(2)19(21(24)27-12-16-11-14(3)9-10-15(16)4)22-20-17-7-5-6-8-18(17)28(25,26)23-20/h5-11,13,19H,12H2,1-4H3,(H,22,23)/t19-/m0/s1. The summed E-state index contributed by atoms with van der Waals surface area (Å²) in [5.74, 6) is -0.458. The number of carbonyl (C=O) groups is 1. The average Bonchev–Trinajstić information content (AvgIpc) is 2.90. The highest BCUT2D eigenvalue weighted by atomic mass is 32.2. The molecule has 0 spiro atoms. The summed E-state index contributed by atoms with van der Waals surface area (Å²) < 4.78 is 32.5. The molecule has 0 bridgehead atoms. The van der Waals surface area contributed by atoms with Gasteiger partial charge in [-0.3, -0.25) is 9.71 Å². The van der Waals surface area contributed by atoms with Crippen molar-refractivity contribution in [2.75, 3.05) is 0 Å². The molecule has 0 radical (unpaired) electrons. The fourth-order valence-electron chi connectivity index (χ4n) is 3.03. The minimum Gasteiger partial charge on any atom is -0.459 e. The number of aryl methyl sites for hydroxylation is 2. The Balaban J connectivity index is 1.83. The summed E-state index contributed by atoms with van der Waals surface area (Å²) in [6.07, 6.45) is 0. The zero-order chi connectivity index (χ0) is 20.5. The van der Waals surface area contributed by atoms with Gasteiger partial charge in [0.15, 0.2) is 6.04 Å². The molecule has 1 aliphatic heterocycles. The van der Waals surface area contributed by atoms with E-state index in [4.69, 9.17) is 4.74 Å². The van der Waals surface area contributed by atoms with Gasteiger partial charge in [0.05, 0.1) is 4.90 Å². The number of nitrogens with one attached hydrogen (secondary N) is 1. The van der Waals surface area contributed by atoms with Crippen LogP contribution in [-0.4, -0.2) is 26.3 Å². The Morgan fingerprint density at radius 2 is 1.86 bits per heavy atom. The molecule has 0 aromatic heterocycles. The van der Waals surface area contributed by atoms with Crippen molar-refractivity contribution in [1.82, 2.24) is 4.72 Å². The molecule has 2 aromatic rings. The minimum absolute atomic E-state index is 0.155. The summed E-state index contributed by atoms with van der Waals surface area (Å²) in [7, 11) is -3.65. The number of ether oxygens (including phenoxy) is 1. The number of hydrogen-bond acceptors (Lipinski definition) is 5. The zero-order valence-corrected chi connectivity index (χ0v) is 17.2. The van der Waals surface area contributed by atoms with E-state index in [1.165, 1.54) is 6.07 Å². The summed E-state index contributed by atoms with van der Waals surface area (Å²) in [6, 6.07) is 11.7. The van der Waals surface area contributed by atoms with Crippen LogP contribution in [0.4, 0.5) is 0 Å². The molecule has 0 fully saturated rings. The highest BCUT2D eigenvalue weighted by Gasteiger charge is 2.33. The lowest BCUT2D eigenvalue weighted by atomic mass is 10.0. The Kier molecular flexibility index (Phi) is 5.56. The van der Waals surface area contributed by atoms with E-state index in [0.29, 0.717) is 5.56 Å². The molecule has 1 N–H and O–H groups in total. The van der Waals surface area contributed by atoms with Crippen LogP contribution in [-0.2, 0) is 26.2 Å². The highest BCUT2D eigenvalue weighted by Crippen LogP contribution is 2.24. The predicted octanol–water partition coefficient (Wildman–Crippen LogP) is 3.11. The lowest BCUT2D eigenvalue weighted by Gasteiger charge is -2.17. The maximum Gasteiger partial charge on any atom is 0.331 e. The summed E-state index contributed by atoms with van der Waals surface area (Å²) in [4.78, 5) is 17.3. The number of nitrogens with zero attached hydrogens (tertiary/aromatic N) is 1. The molecule has 0 unspecified atom stereocenters. The van der Waals surface area contributed by atoms with Crippen LogP contribution in [0.25, 0.3) is 0 Å². The molecular formula is C21H24N2O4S. The number of amidine groups is 1. The Morgan fingerprint density at radius 3 is 2.57 bits per heavy atom. The first kappa shape index (κ1) is 20.1. The smallest absolute Gasteiger partial charge is 0.331 e. The van der Waals surface area contributed by atoms with Crippen LogP contribution < -0.4 is 4.72 Å². The fraction of sp³-hybridized carbons (Fsp3) is 0.333. The van der Waals surface area contributed by atoms with Crippen molar-refractivity contribution in [3.8, 4) is 0 Å². The SMILES string of the molecule is Cc1ccc(C)c(COC(=O)[C@@H](N=C2NS(=O)(=O)c3ccccc32)C(C)C)c1. The second kappa shape index (κ2) is 7.75. The molecule has 0 saturated carbocycles. The summed E-state index contributed by atoms with van der Waals surface area (Å²) in [6.45, 7) is 7.81. The van der Waals surface area contributed by atoms with Gasteiger partial charge in [-0.05, 0) is 43.0 Å². The summed E-state index contributed by atoms with van der Waals surface area (Å²) >= 11 is 0. The lowest BCUT2D eigenvalue weighted by molar-refractivity contribution is -0.147. The monoisotopic (exact) mass is 400 g/mol. The number of esters is 1. The molecule has 1 aliphatic rings. The Bertz CT molecular complexity index is 1040. The number of fused-ring (bicyclic) bond motifs is 1. The first-order chi connectivity index (χ1) is 13.2. The van der Waals surface area contributed by atoms with Crippen molar-refractivity contribution < 1.29 is 17.9 Å². The minimum atomic E-state index is -3.65. The van der Waals surface area contributed by atoms with E-state index in [1.807, 2.05) is 45.9 Å². The van der Waals surface area contributed by atoms with Crippen molar-refractivity contribution in [3.05, 3.63) is 64.7 Å². The van der Waals surface area contributed by atoms with Gasteiger partial charge in [-0.15, -0.1) is 0 Å². The summed E-state index contributed by atoms with van der Waals surface area (Å²) in [5.41, 5.74) is 3.54. The first-order valence-corrected chi connectivity index (χ1v) is 10.6. The van der Waals surface area contributed by atoms with Crippen LogP contribution in [0, 0.1) is 19.8 Å². The molecule has 0 aliphatic carbocycles. The van der Waals surface area contributed by atoms with Crippen LogP contribution in [0.15, 0.2) is 52.4 Å². The van der Waals surface area contributed by atoms with Gasteiger partial charge in [0.25, 0.3) is 10.0 Å². The third-order valence-corrected chi connectivity index (χ3v) is 6.08. The predicted molar refractivity (Wildman–Crippen MR) is 108 cm³/mol. The first-order valence-electron chi connectivity index (χ1n) is 9.12. The van der Waals surface area contributed by atoms with Gasteiger partial charge >= 0.3 is 5.97 Å². The van der Waals surface area contributed by atoms with Crippen LogP contribution >= 0.6 is 0 Å². The second-order valence-corrected chi connectivity index (χ2v) is 8.96. The van der Waals surface area contributed by atoms with E-state index < -0.39 is 22.0 Å². The van der Waals surface area contributed by atoms with Crippen molar-refractivity contribution in [2.24, 2.45) is 10.9 Å². The number of aliphatic imine (C=N–C) groups is 1. The number of benzene rings is 2. The molecule has 148 valence electrons. The molecule has 1 atom stereocenters. The highest BCUT2D eigenvalue weighted by molar-refractivity contribution is 7.90. The van der Waals surface area contributed by atoms with E-state index in [0.717, 1.165) is 16.7 Å². The number of rotatable bonds is 5. The van der Waals surface area contributed by atoms with Crippen molar-refractivity contribution in [1.29, 1.82) is 0 Å². The molecule has 1 heterocycles. The van der Waals surface area contributed by atoms with Gasteiger partial charge in [-0.2, -0.15) is 0 Å². The van der Waals surface area contributed by atoms with E-state index in [-0.39, 0.29) is 23.3 Å². The molecule has 0 saturated heterocycles. The van der Waals surface area contributed by atoms with E-state index in [2.05, 4.69) is 9.71 Å². The van der Waals surface area contributed by atoms with Crippen LogP contribution in [0.2, 0.25) is 0 Å². The fourth-order valence-corrected chi connectivity index (χ4v) is 4.27. The molecule has 6 nitrogen and oxygen atoms in total. The van der Waals surface area contributed by atoms with Crippen LogP contribution in [0.5, 0.6) is 0 Å². The van der Waals surface area contributed by atoms with E-state index >= 15 is 0 Å². The van der Waals surface area contributed by atoms with Gasteiger partial charge in [0.1, 0.15) is 12.4 Å². The van der Waals surface area contributed by atoms with Gasteiger partial charge in [0, 0.05) is 5.56 Å². The average molecular weight is 401 g/mol. The number of sulfonamides is 1. The molecule has 28 heavy (non-hydrogen) atoms. The summed E-state index contributed by atoms with van der Waals surface area (Å²) in [5, 5.41) is 0. The van der Waals surface area contributed by atoms with E-state index in [9.17, 15) is 13.2 Å². The van der Waals surface area contributed by atoms with Crippen molar-refractivity contribution in [3.63, 3.8) is 0 Å². The van der Waals surface area contributed by atoms with Crippen molar-refractivity contribution in [2.45, 2.75) is 45.2 Å². The lowest BCUT2D eigenvalue weighted by Crippen LogP contribution is -2.31. The third-order valence-electron chi connectivity index (χ3n) is 4.68. The number of carbonyl (C=O) groups excluding carboxylic acids is 1. The Labute approximate surface area is 165 Å². The topological polar surface area (TPSA) is 84.8 Å². The Hall–Kier alpha value is -2.67. The van der Waals surface area contributed by atoms with Crippen LogP contribution in [0.1, 0.15) is 36.1 Å². The quantitative estimate of drug-likeness (QED) is 0.782. The molecule has 3 rings (SSSR count). The molecule has 0 amide bonds. The van der Waals surface area contributed by atoms with Gasteiger partial charge in [0.2, 0.25) is 0 Å². The largest absolute Gasteiger partial charge is 0.459 e. The van der Waals surface area contributed by atoms with Gasteiger partial charge in [-0.25, -0.2) is 13.2 Å². The van der Waals surface area contributed by atoms with Gasteiger partial charge < -0.3 is 4.74 Å². The maximum atomic E-state index is 12.7. The third kappa shape index (κ3) is 4.09. The van der Waals surface area contributed by atoms with Gasteiger partial charge in [-0.1, -0.05) is 49.7 Å². The normalized spacial score (nSPS) is 17.2. The van der Waals surface area contributed by atoms with Crippen molar-refractivity contribution >= 4 is 21.8 Å². The Morgan fingerprint density at radius 1 is 1.14 bits per heavy atom. The van der Waals surface area contributed by atoms with E-state index in [1.54, 1.807) is 18.2 Å². The second-order valence-electron chi connectivity index (χ2n) is 7.31. The molecular weight excluding hydrogens is 376 g/mol. The number of hydrogen-bond donors (Lipinski definition) is 1. The van der Waals surface area contributed by atoms with Crippen LogP contribution in [0.3, 0.4) is 0 Å². The zero-order valence-electron chi connectivity index (χ0n) is 16.4. The molecule has 7 heteroatoms. The maximum absolute atomic E-state index is 12.7.